The third kappa shape index (κ3) is 5.57. The zero-order valence-electron chi connectivity index (χ0n) is 13.1. The van der Waals surface area contributed by atoms with E-state index in [-0.39, 0.29) is 6.17 Å². The largest absolute Gasteiger partial charge is 0.519 e. The zero-order valence-corrected chi connectivity index (χ0v) is 14.1. The van der Waals surface area contributed by atoms with Crippen molar-refractivity contribution >= 4 is 20.4 Å². The standard InChI is InChI=1S/C10H17F6N4O2Si/c1-19(2)17-7(9(11,12)13)21-23(5)6-20(3,4)18-8(22-23)10(14,15)16/h6H2,1-5H3/q+1/b17-7-. The van der Waals surface area contributed by atoms with Gasteiger partial charge in [-0.1, -0.05) is 0 Å². The van der Waals surface area contributed by atoms with Crippen molar-refractivity contribution in [1.29, 1.82) is 0 Å². The van der Waals surface area contributed by atoms with Gasteiger partial charge in [0.1, 0.15) is 0 Å². The van der Waals surface area contributed by atoms with E-state index in [1.54, 1.807) is 0 Å². The van der Waals surface area contributed by atoms with E-state index in [0.29, 0.717) is 0 Å². The minimum absolute atomic E-state index is 0.255. The van der Waals surface area contributed by atoms with Gasteiger partial charge in [-0.3, -0.25) is 5.01 Å². The van der Waals surface area contributed by atoms with Gasteiger partial charge < -0.3 is 8.85 Å². The Labute approximate surface area is 129 Å². The van der Waals surface area contributed by atoms with E-state index < -0.39 is 37.3 Å². The molecule has 6 nitrogen and oxygen atoms in total. The van der Waals surface area contributed by atoms with E-state index in [0.717, 1.165) is 11.6 Å². The van der Waals surface area contributed by atoms with Crippen molar-refractivity contribution in [2.75, 3.05) is 34.4 Å². The molecule has 0 fully saturated rings. The summed E-state index contributed by atoms with van der Waals surface area (Å²) in [6.45, 7) is 1.10. The van der Waals surface area contributed by atoms with Crippen molar-refractivity contribution in [3.05, 3.63) is 0 Å². The lowest BCUT2D eigenvalue weighted by molar-refractivity contribution is -0.891. The third-order valence-electron chi connectivity index (χ3n) is 2.44. The van der Waals surface area contributed by atoms with Gasteiger partial charge in [0, 0.05) is 20.6 Å². The van der Waals surface area contributed by atoms with Crippen molar-refractivity contribution in [1.82, 2.24) is 5.01 Å². The molecule has 134 valence electrons. The first-order valence-electron chi connectivity index (χ1n) is 6.26. The van der Waals surface area contributed by atoms with Crippen LogP contribution in [0.25, 0.3) is 0 Å². The molecule has 1 aliphatic rings. The molecule has 0 saturated carbocycles. The molecule has 0 amide bonds. The Bertz CT molecular complexity index is 516. The number of rotatable bonds is 2. The van der Waals surface area contributed by atoms with Crippen LogP contribution in [0.1, 0.15) is 0 Å². The minimum atomic E-state index is -4.96. The predicted octanol–water partition coefficient (Wildman–Crippen LogP) is 2.03. The molecule has 0 radical (unpaired) electrons. The molecular formula is C10H17F6N4O2Si+. The quantitative estimate of drug-likeness (QED) is 0.187. The Kier molecular flexibility index (Phi) is 4.97. The molecule has 0 aliphatic carbocycles. The molecule has 0 N–H and O–H groups in total. The summed E-state index contributed by atoms with van der Waals surface area (Å²) >= 11 is 0. The summed E-state index contributed by atoms with van der Waals surface area (Å²) in [5.74, 6) is -3.26. The number of alkyl halides is 6. The summed E-state index contributed by atoms with van der Waals surface area (Å²) in [6.07, 6.45) is -10.1. The fourth-order valence-corrected chi connectivity index (χ4v) is 4.71. The van der Waals surface area contributed by atoms with E-state index in [4.69, 9.17) is 8.85 Å². The van der Waals surface area contributed by atoms with E-state index >= 15 is 0 Å². The third-order valence-corrected chi connectivity index (χ3v) is 5.04. The summed E-state index contributed by atoms with van der Waals surface area (Å²) in [6, 6.07) is 0. The Balaban J connectivity index is 3.18. The smallest absolute Gasteiger partial charge is 0.490 e. The number of quaternary nitrogens is 1. The van der Waals surface area contributed by atoms with Crippen molar-refractivity contribution in [3.63, 3.8) is 0 Å². The van der Waals surface area contributed by atoms with Crippen LogP contribution >= 0.6 is 0 Å². The topological polar surface area (TPSA) is 46.4 Å². The average molecular weight is 367 g/mol. The van der Waals surface area contributed by atoms with E-state index in [9.17, 15) is 26.3 Å². The van der Waals surface area contributed by atoms with Gasteiger partial charge in [-0.25, -0.2) is 0 Å². The highest BCUT2D eigenvalue weighted by Crippen LogP contribution is 2.30. The van der Waals surface area contributed by atoms with Crippen LogP contribution in [-0.2, 0) is 8.85 Å². The maximum absolute atomic E-state index is 13.0. The first-order valence-corrected chi connectivity index (χ1v) is 8.78. The number of halogens is 6. The van der Waals surface area contributed by atoms with Crippen molar-refractivity contribution in [3.8, 4) is 0 Å². The van der Waals surface area contributed by atoms with Crippen LogP contribution in [0.3, 0.4) is 0 Å². The molecule has 0 bridgehead atoms. The van der Waals surface area contributed by atoms with Crippen molar-refractivity contribution in [2.24, 2.45) is 10.2 Å². The molecule has 1 atom stereocenters. The molecule has 1 rings (SSSR count). The fraction of sp³-hybridized carbons (Fsp3) is 0.800. The van der Waals surface area contributed by atoms with Crippen LogP contribution in [-0.4, -0.2) is 76.7 Å². The molecule has 1 heterocycles. The van der Waals surface area contributed by atoms with Crippen LogP contribution in [0.5, 0.6) is 0 Å². The minimum Gasteiger partial charge on any atom is -0.490 e. The summed E-state index contributed by atoms with van der Waals surface area (Å²) in [7, 11) is 1.12. The number of hydrogen-bond donors (Lipinski definition) is 0. The van der Waals surface area contributed by atoms with Gasteiger partial charge in [0.15, 0.2) is 6.17 Å². The first-order chi connectivity index (χ1) is 10.0. The molecule has 23 heavy (non-hydrogen) atoms. The predicted molar refractivity (Wildman–Crippen MR) is 71.4 cm³/mol. The Hall–Kier alpha value is -1.50. The highest BCUT2D eigenvalue weighted by Gasteiger charge is 2.58. The number of nitrogens with zero attached hydrogens (tertiary/aromatic N) is 4. The van der Waals surface area contributed by atoms with Gasteiger partial charge in [-0.05, 0) is 5.10 Å². The molecule has 0 aromatic rings. The summed E-state index contributed by atoms with van der Waals surface area (Å²) < 4.78 is 86.4. The fourth-order valence-electron chi connectivity index (χ4n) is 1.93. The lowest BCUT2D eigenvalue weighted by atomic mass is 10.6. The summed E-state index contributed by atoms with van der Waals surface area (Å²) in [4.78, 5) is 0. The van der Waals surface area contributed by atoms with E-state index in [1.165, 1.54) is 28.2 Å². The van der Waals surface area contributed by atoms with Gasteiger partial charge in [0.2, 0.25) is 0 Å². The van der Waals surface area contributed by atoms with Crippen molar-refractivity contribution < 1.29 is 39.8 Å². The lowest BCUT2D eigenvalue weighted by Crippen LogP contribution is -2.62. The molecule has 0 aromatic carbocycles. The van der Waals surface area contributed by atoms with Gasteiger partial charge in [0.05, 0.1) is 14.1 Å². The lowest BCUT2D eigenvalue weighted by Gasteiger charge is -2.37. The molecule has 0 saturated heterocycles. The number of hydrazone groups is 1. The molecule has 1 aliphatic heterocycles. The second-order valence-corrected chi connectivity index (χ2v) is 8.76. The van der Waals surface area contributed by atoms with Crippen molar-refractivity contribution in [2.45, 2.75) is 18.9 Å². The van der Waals surface area contributed by atoms with E-state index in [1.807, 2.05) is 0 Å². The van der Waals surface area contributed by atoms with Crippen LogP contribution in [0.2, 0.25) is 6.55 Å². The van der Waals surface area contributed by atoms with Crippen LogP contribution in [0.4, 0.5) is 26.3 Å². The number of hydrogen-bond acceptors (Lipinski definition) is 5. The van der Waals surface area contributed by atoms with E-state index in [2.05, 4.69) is 10.2 Å². The zero-order chi connectivity index (χ0) is 18.3. The average Bonchev–Trinajstić information content (AvgIpc) is 2.21. The highest BCUT2D eigenvalue weighted by atomic mass is 28.4. The molecular weight excluding hydrogens is 350 g/mol. The second-order valence-electron chi connectivity index (χ2n) is 5.77. The maximum atomic E-state index is 13.0. The summed E-state index contributed by atoms with van der Waals surface area (Å²) in [5.41, 5.74) is 0. The highest BCUT2D eigenvalue weighted by molar-refractivity contribution is 6.69. The first kappa shape index (κ1) is 19.5. The second kappa shape index (κ2) is 5.85. The van der Waals surface area contributed by atoms with Gasteiger partial charge in [0.25, 0.3) is 0 Å². The maximum Gasteiger partial charge on any atom is 0.519 e. The molecule has 1 unspecified atom stereocenters. The molecule has 0 spiro atoms. The van der Waals surface area contributed by atoms with Gasteiger partial charge in [-0.15, -0.1) is 5.10 Å². The Morgan fingerprint density at radius 3 is 2.17 bits per heavy atom. The van der Waals surface area contributed by atoms with Gasteiger partial charge in [-0.2, -0.15) is 30.9 Å². The molecule has 13 heteroatoms. The van der Waals surface area contributed by atoms with Crippen LogP contribution < -0.4 is 0 Å². The van der Waals surface area contributed by atoms with Gasteiger partial charge >= 0.3 is 32.7 Å². The summed E-state index contributed by atoms with van der Waals surface area (Å²) in [5, 5.41) is 7.33. The Morgan fingerprint density at radius 2 is 1.78 bits per heavy atom. The normalized spacial score (nSPS) is 25.5. The SMILES string of the molecule is CN(C)/N=C(\O[Si]1(C)C[N+](C)(C)N=C(C(F)(F)F)O1)C(F)(F)F. The Morgan fingerprint density at radius 1 is 1.26 bits per heavy atom. The van der Waals surface area contributed by atoms with Crippen LogP contribution in [0.15, 0.2) is 10.2 Å². The monoisotopic (exact) mass is 367 g/mol. The molecule has 0 aromatic heterocycles. The van der Waals surface area contributed by atoms with Crippen LogP contribution in [0, 0.1) is 0 Å².